The van der Waals surface area contributed by atoms with Gasteiger partial charge in [0, 0.05) is 27.2 Å². The number of benzene rings is 2. The fourth-order valence-electron chi connectivity index (χ4n) is 3.21. The van der Waals surface area contributed by atoms with E-state index in [-0.39, 0.29) is 16.4 Å². The standard InChI is InChI=1S/C21H24N2O5S/c1-15(20(24)23-12-11-16-7-4-5-8-18(16)14-23)28-21(25)17-9-6-10-19(13-17)29(26,27)22(2)3/h4-10,13,15H,11-12,14H2,1-3H3/t15-/m1/s1. The molecule has 0 N–H and O–H groups in total. The van der Waals surface area contributed by atoms with Crippen LogP contribution >= 0.6 is 0 Å². The van der Waals surface area contributed by atoms with Crippen molar-refractivity contribution in [3.8, 4) is 0 Å². The summed E-state index contributed by atoms with van der Waals surface area (Å²) in [5, 5.41) is 0. The van der Waals surface area contributed by atoms with Gasteiger partial charge in [-0.1, -0.05) is 30.3 Å². The maximum atomic E-state index is 12.7. The zero-order valence-electron chi connectivity index (χ0n) is 16.7. The minimum absolute atomic E-state index is 0.0106. The van der Waals surface area contributed by atoms with E-state index in [2.05, 4.69) is 6.07 Å². The van der Waals surface area contributed by atoms with E-state index in [9.17, 15) is 18.0 Å². The lowest BCUT2D eigenvalue weighted by molar-refractivity contribution is -0.140. The predicted molar refractivity (Wildman–Crippen MR) is 108 cm³/mol. The van der Waals surface area contributed by atoms with E-state index in [4.69, 9.17) is 4.74 Å². The molecule has 0 unspecified atom stereocenters. The summed E-state index contributed by atoms with van der Waals surface area (Å²) in [5.41, 5.74) is 2.39. The summed E-state index contributed by atoms with van der Waals surface area (Å²) in [7, 11) is -0.844. The average molecular weight is 416 g/mol. The van der Waals surface area contributed by atoms with Crippen LogP contribution in [0.3, 0.4) is 0 Å². The Bertz CT molecular complexity index is 1030. The van der Waals surface area contributed by atoms with E-state index >= 15 is 0 Å². The highest BCUT2D eigenvalue weighted by Crippen LogP contribution is 2.20. The summed E-state index contributed by atoms with van der Waals surface area (Å²) < 4.78 is 30.9. The zero-order valence-corrected chi connectivity index (χ0v) is 17.5. The molecule has 1 aliphatic rings. The molecule has 0 aliphatic carbocycles. The van der Waals surface area contributed by atoms with E-state index in [1.807, 2.05) is 18.2 Å². The van der Waals surface area contributed by atoms with E-state index < -0.39 is 22.1 Å². The van der Waals surface area contributed by atoms with Gasteiger partial charge in [-0.3, -0.25) is 4.79 Å². The van der Waals surface area contributed by atoms with E-state index in [0.29, 0.717) is 13.1 Å². The maximum Gasteiger partial charge on any atom is 0.338 e. The first-order chi connectivity index (χ1) is 13.7. The SMILES string of the molecule is C[C@@H](OC(=O)c1cccc(S(=O)(=O)N(C)C)c1)C(=O)N1CCc2ccccc2C1. The number of carbonyl (C=O) groups is 2. The molecule has 2 aromatic rings. The van der Waals surface area contributed by atoms with Crippen molar-refractivity contribution >= 4 is 21.9 Å². The summed E-state index contributed by atoms with van der Waals surface area (Å²) in [6, 6.07) is 13.6. The number of nitrogens with zero attached hydrogens (tertiary/aromatic N) is 2. The number of fused-ring (bicyclic) bond motifs is 1. The van der Waals surface area contributed by atoms with Gasteiger partial charge in [-0.05, 0) is 42.7 Å². The van der Waals surface area contributed by atoms with Gasteiger partial charge in [0.25, 0.3) is 5.91 Å². The van der Waals surface area contributed by atoms with Crippen molar-refractivity contribution in [3.63, 3.8) is 0 Å². The molecule has 154 valence electrons. The van der Waals surface area contributed by atoms with Crippen LogP contribution in [0.1, 0.15) is 28.4 Å². The molecule has 29 heavy (non-hydrogen) atoms. The smallest absolute Gasteiger partial charge is 0.338 e. The Morgan fingerprint density at radius 1 is 1.07 bits per heavy atom. The molecule has 7 nitrogen and oxygen atoms in total. The van der Waals surface area contributed by atoms with Crippen LogP contribution in [0.15, 0.2) is 53.4 Å². The average Bonchev–Trinajstić information content (AvgIpc) is 2.72. The molecule has 2 aromatic carbocycles. The fourth-order valence-corrected chi connectivity index (χ4v) is 4.16. The summed E-state index contributed by atoms with van der Waals surface area (Å²) in [4.78, 5) is 26.9. The normalized spacial score (nSPS) is 15.0. The van der Waals surface area contributed by atoms with Crippen LogP contribution in [0, 0.1) is 0 Å². The monoisotopic (exact) mass is 416 g/mol. The minimum Gasteiger partial charge on any atom is -0.449 e. The van der Waals surface area contributed by atoms with Crippen LogP contribution in [0.4, 0.5) is 0 Å². The molecule has 0 radical (unpaired) electrons. The lowest BCUT2D eigenvalue weighted by atomic mass is 9.99. The van der Waals surface area contributed by atoms with E-state index in [1.54, 1.807) is 4.90 Å². The van der Waals surface area contributed by atoms with Crippen LogP contribution in [0.5, 0.6) is 0 Å². The molecule has 0 spiro atoms. The molecular formula is C21H24N2O5S. The van der Waals surface area contributed by atoms with Crippen LogP contribution < -0.4 is 0 Å². The van der Waals surface area contributed by atoms with Crippen molar-refractivity contribution in [1.29, 1.82) is 0 Å². The Labute approximate surface area is 170 Å². The summed E-state index contributed by atoms with van der Waals surface area (Å²) >= 11 is 0. The molecule has 1 heterocycles. The lowest BCUT2D eigenvalue weighted by Gasteiger charge is -2.30. The van der Waals surface area contributed by atoms with Crippen molar-refractivity contribution in [2.75, 3.05) is 20.6 Å². The zero-order chi connectivity index (χ0) is 21.2. The fraction of sp³-hybridized carbons (Fsp3) is 0.333. The Morgan fingerprint density at radius 3 is 2.45 bits per heavy atom. The molecule has 0 saturated heterocycles. The number of rotatable bonds is 5. The third kappa shape index (κ3) is 4.49. The molecule has 0 aromatic heterocycles. The van der Waals surface area contributed by atoms with Gasteiger partial charge in [-0.2, -0.15) is 0 Å². The third-order valence-electron chi connectivity index (χ3n) is 4.92. The Morgan fingerprint density at radius 2 is 1.76 bits per heavy atom. The van der Waals surface area contributed by atoms with Crippen LogP contribution in [0.2, 0.25) is 0 Å². The second-order valence-electron chi connectivity index (χ2n) is 7.14. The van der Waals surface area contributed by atoms with Gasteiger partial charge in [-0.25, -0.2) is 17.5 Å². The highest BCUT2D eigenvalue weighted by Gasteiger charge is 2.27. The van der Waals surface area contributed by atoms with Crippen LogP contribution in [-0.2, 0) is 32.5 Å². The van der Waals surface area contributed by atoms with Crippen molar-refractivity contribution in [2.24, 2.45) is 0 Å². The summed E-state index contributed by atoms with van der Waals surface area (Å²) in [5.74, 6) is -1.01. The van der Waals surface area contributed by atoms with Crippen molar-refractivity contribution in [1.82, 2.24) is 9.21 Å². The van der Waals surface area contributed by atoms with Crippen LogP contribution in [-0.4, -0.2) is 56.2 Å². The molecular weight excluding hydrogens is 392 g/mol. The Hall–Kier alpha value is -2.71. The van der Waals surface area contributed by atoms with Gasteiger partial charge < -0.3 is 9.64 Å². The Balaban J connectivity index is 1.69. The maximum absolute atomic E-state index is 12.7. The molecule has 1 atom stereocenters. The van der Waals surface area contributed by atoms with Crippen molar-refractivity contribution in [3.05, 3.63) is 65.2 Å². The van der Waals surface area contributed by atoms with Gasteiger partial charge in [-0.15, -0.1) is 0 Å². The van der Waals surface area contributed by atoms with Crippen molar-refractivity contribution < 1.29 is 22.7 Å². The highest BCUT2D eigenvalue weighted by molar-refractivity contribution is 7.89. The lowest BCUT2D eigenvalue weighted by Crippen LogP contribution is -2.42. The quantitative estimate of drug-likeness (QED) is 0.697. The number of carbonyl (C=O) groups excluding carboxylic acids is 2. The number of ether oxygens (including phenoxy) is 1. The summed E-state index contributed by atoms with van der Waals surface area (Å²) in [6.07, 6.45) is -0.214. The van der Waals surface area contributed by atoms with Gasteiger partial charge >= 0.3 is 5.97 Å². The number of esters is 1. The largest absolute Gasteiger partial charge is 0.449 e. The minimum atomic E-state index is -3.67. The van der Waals surface area contributed by atoms with Gasteiger partial charge in [0.05, 0.1) is 10.5 Å². The molecule has 8 heteroatoms. The molecule has 0 fully saturated rings. The van der Waals surface area contributed by atoms with Gasteiger partial charge in [0.2, 0.25) is 10.0 Å². The Kier molecular flexibility index (Phi) is 6.04. The van der Waals surface area contributed by atoms with Gasteiger partial charge in [0.1, 0.15) is 0 Å². The number of hydrogen-bond acceptors (Lipinski definition) is 5. The van der Waals surface area contributed by atoms with E-state index in [1.165, 1.54) is 50.8 Å². The molecule has 1 aliphatic heterocycles. The second kappa shape index (κ2) is 8.34. The third-order valence-corrected chi connectivity index (χ3v) is 6.73. The first-order valence-electron chi connectivity index (χ1n) is 9.29. The highest BCUT2D eigenvalue weighted by atomic mass is 32.2. The molecule has 3 rings (SSSR count). The topological polar surface area (TPSA) is 84.0 Å². The van der Waals surface area contributed by atoms with Crippen molar-refractivity contribution in [2.45, 2.75) is 30.9 Å². The molecule has 0 saturated carbocycles. The molecule has 0 bridgehead atoms. The predicted octanol–water partition coefficient (Wildman–Crippen LogP) is 2.07. The van der Waals surface area contributed by atoms with E-state index in [0.717, 1.165) is 16.3 Å². The summed E-state index contributed by atoms with van der Waals surface area (Å²) in [6.45, 7) is 2.57. The number of hydrogen-bond donors (Lipinski definition) is 0. The first kappa shape index (κ1) is 21.0. The number of amides is 1. The van der Waals surface area contributed by atoms with Gasteiger partial charge in [0.15, 0.2) is 6.10 Å². The van der Waals surface area contributed by atoms with Crippen LogP contribution in [0.25, 0.3) is 0 Å². The second-order valence-corrected chi connectivity index (χ2v) is 9.29. The first-order valence-corrected chi connectivity index (χ1v) is 10.7. The molecule has 1 amide bonds. The number of sulfonamides is 1.